The highest BCUT2D eigenvalue weighted by molar-refractivity contribution is 6.21. The number of hydrogen-bond donors (Lipinski definition) is 0. The summed E-state index contributed by atoms with van der Waals surface area (Å²) in [7, 11) is 1.76. The Bertz CT molecular complexity index is 640. The molecule has 0 aliphatic heterocycles. The molecule has 164 valence electrons. The molecule has 2 saturated carbocycles. The second-order valence-electron chi connectivity index (χ2n) is 8.59. The molecule has 2 fully saturated rings. The Morgan fingerprint density at radius 2 is 1.31 bits per heavy atom. The highest BCUT2D eigenvalue weighted by Crippen LogP contribution is 2.42. The molecule has 0 unspecified atom stereocenters. The summed E-state index contributed by atoms with van der Waals surface area (Å²) in [4.78, 5) is 0. The molecule has 2 nitrogen and oxygen atoms in total. The summed E-state index contributed by atoms with van der Waals surface area (Å²) in [6.45, 7) is 1.20. The van der Waals surface area contributed by atoms with Crippen LogP contribution in [0.5, 0.6) is 5.75 Å². The van der Waals surface area contributed by atoms with Crippen LogP contribution < -0.4 is 4.74 Å². The van der Waals surface area contributed by atoms with Gasteiger partial charge in [-0.3, -0.25) is 0 Å². The zero-order valence-electron chi connectivity index (χ0n) is 16.7. The van der Waals surface area contributed by atoms with Crippen LogP contribution in [-0.2, 0) is 10.1 Å². The van der Waals surface area contributed by atoms with Crippen LogP contribution in [0.3, 0.4) is 0 Å². The van der Waals surface area contributed by atoms with E-state index >= 15 is 0 Å². The first-order chi connectivity index (χ1) is 13.8. The van der Waals surface area contributed by atoms with Gasteiger partial charge in [-0.2, -0.15) is 8.78 Å². The molecule has 0 radical (unpaired) electrons. The molecule has 0 spiro atoms. The summed E-state index contributed by atoms with van der Waals surface area (Å²) in [5.41, 5.74) is -1.44. The van der Waals surface area contributed by atoms with Crippen molar-refractivity contribution in [3.63, 3.8) is 0 Å². The number of rotatable bonds is 7. The molecule has 2 aliphatic rings. The third kappa shape index (κ3) is 6.00. The van der Waals surface area contributed by atoms with Gasteiger partial charge in [0.05, 0.1) is 6.61 Å². The minimum Gasteiger partial charge on any atom is -0.493 e. The van der Waals surface area contributed by atoms with Crippen molar-refractivity contribution in [2.75, 3.05) is 20.3 Å². The fraction of sp³-hybridized carbons (Fsp3) is 0.727. The second kappa shape index (κ2) is 9.86. The predicted molar refractivity (Wildman–Crippen MR) is 104 cm³/mol. The fourth-order valence-electron chi connectivity index (χ4n) is 5.01. The average Bonchev–Trinajstić information content (AvgIpc) is 2.66. The van der Waals surface area contributed by atoms with E-state index in [9.17, 15) is 17.6 Å². The van der Waals surface area contributed by atoms with Crippen molar-refractivity contribution in [2.24, 2.45) is 23.7 Å². The lowest BCUT2D eigenvalue weighted by atomic mass is 9.69. The largest absolute Gasteiger partial charge is 0.493 e. The Balaban J connectivity index is 1.45. The van der Waals surface area contributed by atoms with Crippen LogP contribution in [0.2, 0.25) is 0 Å². The summed E-state index contributed by atoms with van der Waals surface area (Å²) in [6, 6.07) is 1.55. The van der Waals surface area contributed by atoms with Crippen molar-refractivity contribution in [3.05, 3.63) is 29.3 Å². The molecular formula is C22H29ClF4O2. The SMILES string of the molecule is COCC1CCC(C2CCC(COc3cc(F)c(C(F)(F)Cl)c(F)c3)CC2)CC1. The van der Waals surface area contributed by atoms with Crippen molar-refractivity contribution in [2.45, 2.75) is 56.7 Å². The fourth-order valence-corrected chi connectivity index (χ4v) is 5.19. The molecule has 0 bridgehead atoms. The van der Waals surface area contributed by atoms with Gasteiger partial charge in [-0.15, -0.1) is 0 Å². The van der Waals surface area contributed by atoms with Crippen LogP contribution in [-0.4, -0.2) is 20.3 Å². The van der Waals surface area contributed by atoms with Gasteiger partial charge in [-0.25, -0.2) is 8.78 Å². The molecule has 29 heavy (non-hydrogen) atoms. The van der Waals surface area contributed by atoms with Crippen LogP contribution in [0.25, 0.3) is 0 Å². The van der Waals surface area contributed by atoms with Gasteiger partial charge in [0.1, 0.15) is 22.9 Å². The summed E-state index contributed by atoms with van der Waals surface area (Å²) < 4.78 is 64.6. The van der Waals surface area contributed by atoms with Crippen LogP contribution in [0.15, 0.2) is 12.1 Å². The van der Waals surface area contributed by atoms with Crippen molar-refractivity contribution < 1.29 is 27.0 Å². The normalized spacial score (nSPS) is 28.3. The topological polar surface area (TPSA) is 18.5 Å². The van der Waals surface area contributed by atoms with Crippen molar-refractivity contribution in [1.82, 2.24) is 0 Å². The van der Waals surface area contributed by atoms with Gasteiger partial charge >= 0.3 is 5.38 Å². The lowest BCUT2D eigenvalue weighted by Gasteiger charge is -2.37. The van der Waals surface area contributed by atoms with Gasteiger partial charge in [0, 0.05) is 25.8 Å². The van der Waals surface area contributed by atoms with Gasteiger partial charge in [-0.05, 0) is 86.6 Å². The Labute approximate surface area is 174 Å². The molecule has 0 saturated heterocycles. The third-order valence-corrected chi connectivity index (χ3v) is 6.83. The smallest absolute Gasteiger partial charge is 0.353 e. The molecule has 0 amide bonds. The molecule has 1 aromatic carbocycles. The van der Waals surface area contributed by atoms with Crippen LogP contribution in [0, 0.1) is 35.3 Å². The van der Waals surface area contributed by atoms with Crippen LogP contribution in [0.1, 0.15) is 56.9 Å². The summed E-state index contributed by atoms with van der Waals surface area (Å²) >= 11 is 4.76. The molecule has 1 aromatic rings. The van der Waals surface area contributed by atoms with Crippen molar-refractivity contribution >= 4 is 11.6 Å². The first-order valence-electron chi connectivity index (χ1n) is 10.5. The Kier molecular flexibility index (Phi) is 7.71. The highest BCUT2D eigenvalue weighted by Gasteiger charge is 2.36. The highest BCUT2D eigenvalue weighted by atomic mass is 35.5. The first-order valence-corrected chi connectivity index (χ1v) is 10.8. The van der Waals surface area contributed by atoms with E-state index in [2.05, 4.69) is 0 Å². The molecule has 3 rings (SSSR count). The van der Waals surface area contributed by atoms with E-state index in [1.54, 1.807) is 7.11 Å². The lowest BCUT2D eigenvalue weighted by molar-refractivity contribution is 0.0846. The zero-order chi connectivity index (χ0) is 21.0. The van der Waals surface area contributed by atoms with Crippen LogP contribution >= 0.6 is 11.6 Å². The number of hydrogen-bond acceptors (Lipinski definition) is 2. The first kappa shape index (κ1) is 22.7. The van der Waals surface area contributed by atoms with E-state index < -0.39 is 22.6 Å². The number of alkyl halides is 3. The molecule has 7 heteroatoms. The lowest BCUT2D eigenvalue weighted by Crippen LogP contribution is -2.28. The Morgan fingerprint density at radius 3 is 1.72 bits per heavy atom. The maximum Gasteiger partial charge on any atom is 0.353 e. The van der Waals surface area contributed by atoms with E-state index in [1.807, 2.05) is 0 Å². The minimum absolute atomic E-state index is 0.0803. The van der Waals surface area contributed by atoms with Gasteiger partial charge in [0.2, 0.25) is 0 Å². The number of halogens is 5. The van der Waals surface area contributed by atoms with Gasteiger partial charge in [0.15, 0.2) is 0 Å². The standard InChI is InChI=1S/C22H29ClF4O2/c1-28-12-14-2-6-16(7-3-14)17-8-4-15(5-9-17)13-29-18-10-19(24)21(20(25)11-18)22(23,26)27/h10-11,14-17H,2-9,12-13H2,1H3. The summed E-state index contributed by atoms with van der Waals surface area (Å²) in [5, 5.41) is -4.09. The van der Waals surface area contributed by atoms with Gasteiger partial charge in [0.25, 0.3) is 0 Å². The monoisotopic (exact) mass is 436 g/mol. The molecular weight excluding hydrogens is 408 g/mol. The molecule has 2 aliphatic carbocycles. The maximum atomic E-state index is 13.8. The van der Waals surface area contributed by atoms with E-state index in [1.165, 1.54) is 25.7 Å². The molecule has 0 N–H and O–H groups in total. The minimum atomic E-state index is -4.09. The Hall–Kier alpha value is -1.01. The second-order valence-corrected chi connectivity index (χ2v) is 9.06. The number of ether oxygens (including phenoxy) is 2. The van der Waals surface area contributed by atoms with Crippen molar-refractivity contribution in [1.29, 1.82) is 0 Å². The Morgan fingerprint density at radius 1 is 0.862 bits per heavy atom. The third-order valence-electron chi connectivity index (χ3n) is 6.64. The maximum absolute atomic E-state index is 13.8. The molecule has 0 atom stereocenters. The van der Waals surface area contributed by atoms with Gasteiger partial charge in [-0.1, -0.05) is 0 Å². The zero-order valence-corrected chi connectivity index (χ0v) is 17.5. The number of methoxy groups -OCH3 is 1. The average molecular weight is 437 g/mol. The quantitative estimate of drug-likeness (QED) is 0.342. The molecule has 0 aromatic heterocycles. The predicted octanol–water partition coefficient (Wildman–Crippen LogP) is 6.89. The summed E-state index contributed by atoms with van der Waals surface area (Å²) in [5.74, 6) is -0.320. The van der Waals surface area contributed by atoms with E-state index in [-0.39, 0.29) is 5.75 Å². The van der Waals surface area contributed by atoms with E-state index in [0.717, 1.165) is 56.3 Å². The molecule has 0 heterocycles. The van der Waals surface area contributed by atoms with Crippen molar-refractivity contribution in [3.8, 4) is 5.75 Å². The number of benzene rings is 1. The van der Waals surface area contributed by atoms with Gasteiger partial charge < -0.3 is 9.47 Å². The summed E-state index contributed by atoms with van der Waals surface area (Å²) in [6.07, 6.45) is 9.37. The van der Waals surface area contributed by atoms with Crippen LogP contribution in [0.4, 0.5) is 17.6 Å². The van der Waals surface area contributed by atoms with E-state index in [0.29, 0.717) is 18.4 Å². The van der Waals surface area contributed by atoms with E-state index in [4.69, 9.17) is 21.1 Å².